The molecule has 1 heterocycles. The quantitative estimate of drug-likeness (QED) is 0.831. The molecule has 6 nitrogen and oxygen atoms in total. The van der Waals surface area contributed by atoms with Gasteiger partial charge >= 0.3 is 12.1 Å². The fraction of sp³-hybridized carbons (Fsp3) is 0.462. The predicted octanol–water partition coefficient (Wildman–Crippen LogP) is 1.96. The first-order valence-corrected chi connectivity index (χ1v) is 6.40. The molecule has 0 saturated carbocycles. The number of carbonyl (C=O) groups is 2. The first-order chi connectivity index (χ1) is 10.2. The van der Waals surface area contributed by atoms with Crippen LogP contribution in [0.3, 0.4) is 0 Å². The van der Waals surface area contributed by atoms with E-state index in [1.165, 1.54) is 18.3 Å². The Morgan fingerprint density at radius 2 is 2.09 bits per heavy atom. The number of aromatic nitrogens is 1. The summed E-state index contributed by atoms with van der Waals surface area (Å²) in [6.45, 7) is -0.248. The summed E-state index contributed by atoms with van der Waals surface area (Å²) < 4.78 is 41.1. The van der Waals surface area contributed by atoms with Crippen LogP contribution in [0.25, 0.3) is 0 Å². The number of aliphatic carboxylic acids is 1. The Balaban J connectivity index is 2.98. The maximum atomic E-state index is 12.3. The number of carboxylic acid groups (broad SMARTS) is 1. The molecule has 1 rings (SSSR count). The summed E-state index contributed by atoms with van der Waals surface area (Å²) in [4.78, 5) is 27.7. The molecular formula is C13H15F3N2O4. The molecule has 0 aliphatic carbocycles. The molecule has 0 atom stereocenters. The van der Waals surface area contributed by atoms with Crippen LogP contribution in [-0.2, 0) is 4.79 Å². The van der Waals surface area contributed by atoms with Gasteiger partial charge in [0.05, 0.1) is 0 Å². The van der Waals surface area contributed by atoms with Crippen LogP contribution in [0.5, 0.6) is 5.88 Å². The molecule has 1 amide bonds. The van der Waals surface area contributed by atoms with Crippen molar-refractivity contribution in [2.24, 2.45) is 0 Å². The Kier molecular flexibility index (Phi) is 6.14. The van der Waals surface area contributed by atoms with Gasteiger partial charge in [-0.15, -0.1) is 0 Å². The zero-order valence-electron chi connectivity index (χ0n) is 11.8. The van der Waals surface area contributed by atoms with Crippen LogP contribution in [0, 0.1) is 0 Å². The second kappa shape index (κ2) is 7.62. The SMILES string of the molecule is CCCN(CC(=O)O)C(=O)c1cccnc1OCC(F)(F)F. The first-order valence-electron chi connectivity index (χ1n) is 6.40. The Labute approximate surface area is 124 Å². The minimum absolute atomic E-state index is 0.152. The van der Waals surface area contributed by atoms with Crippen LogP contribution in [-0.4, -0.2) is 52.7 Å². The van der Waals surface area contributed by atoms with Gasteiger partial charge in [-0.2, -0.15) is 13.2 Å². The fourth-order valence-corrected chi connectivity index (χ4v) is 1.67. The summed E-state index contributed by atoms with van der Waals surface area (Å²) in [5.74, 6) is -2.44. The fourth-order valence-electron chi connectivity index (χ4n) is 1.67. The largest absolute Gasteiger partial charge is 0.480 e. The summed E-state index contributed by atoms with van der Waals surface area (Å²) in [6.07, 6.45) is -2.89. The Morgan fingerprint density at radius 3 is 2.64 bits per heavy atom. The molecule has 9 heteroatoms. The van der Waals surface area contributed by atoms with Gasteiger partial charge in [-0.25, -0.2) is 4.98 Å². The van der Waals surface area contributed by atoms with Crippen molar-refractivity contribution < 1.29 is 32.6 Å². The monoisotopic (exact) mass is 320 g/mol. The van der Waals surface area contributed by atoms with Crippen LogP contribution in [0.2, 0.25) is 0 Å². The molecule has 22 heavy (non-hydrogen) atoms. The van der Waals surface area contributed by atoms with Gasteiger partial charge in [0.25, 0.3) is 5.91 Å². The molecule has 1 N–H and O–H groups in total. The third-order valence-electron chi connectivity index (χ3n) is 2.48. The standard InChI is InChI=1S/C13H15F3N2O4/c1-2-6-18(7-10(19)20)12(21)9-4-3-5-17-11(9)22-8-13(14,15)16/h3-5H,2,6-8H2,1H3,(H,19,20). The highest BCUT2D eigenvalue weighted by molar-refractivity contribution is 5.97. The molecule has 1 aromatic heterocycles. The molecule has 0 aromatic carbocycles. The minimum Gasteiger partial charge on any atom is -0.480 e. The van der Waals surface area contributed by atoms with Gasteiger partial charge in [-0.3, -0.25) is 9.59 Å². The summed E-state index contributed by atoms with van der Waals surface area (Å²) in [5, 5.41) is 8.80. The maximum absolute atomic E-state index is 12.3. The third kappa shape index (κ3) is 5.58. The molecule has 0 radical (unpaired) electrons. The number of pyridine rings is 1. The van der Waals surface area contributed by atoms with E-state index in [1.54, 1.807) is 6.92 Å². The van der Waals surface area contributed by atoms with Gasteiger partial charge in [-0.05, 0) is 18.6 Å². The van der Waals surface area contributed by atoms with Crippen molar-refractivity contribution in [1.82, 2.24) is 9.88 Å². The van der Waals surface area contributed by atoms with E-state index in [-0.39, 0.29) is 12.1 Å². The molecule has 0 aliphatic heterocycles. The lowest BCUT2D eigenvalue weighted by Crippen LogP contribution is -2.36. The van der Waals surface area contributed by atoms with E-state index >= 15 is 0 Å². The van der Waals surface area contributed by atoms with E-state index in [4.69, 9.17) is 5.11 Å². The van der Waals surface area contributed by atoms with Crippen LogP contribution in [0.4, 0.5) is 13.2 Å². The number of hydrogen-bond acceptors (Lipinski definition) is 4. The number of rotatable bonds is 7. The molecule has 122 valence electrons. The number of carboxylic acids is 1. The highest BCUT2D eigenvalue weighted by Crippen LogP contribution is 2.21. The van der Waals surface area contributed by atoms with E-state index in [1.807, 2.05) is 0 Å². The summed E-state index contributed by atoms with van der Waals surface area (Å²) in [7, 11) is 0. The topological polar surface area (TPSA) is 79.7 Å². The lowest BCUT2D eigenvalue weighted by atomic mass is 10.2. The number of carbonyl (C=O) groups excluding carboxylic acids is 1. The number of ether oxygens (including phenoxy) is 1. The van der Waals surface area contributed by atoms with E-state index < -0.39 is 37.1 Å². The molecule has 0 aliphatic rings. The highest BCUT2D eigenvalue weighted by atomic mass is 19.4. The van der Waals surface area contributed by atoms with Gasteiger partial charge in [0.1, 0.15) is 12.1 Å². The Hall–Kier alpha value is -2.32. The van der Waals surface area contributed by atoms with Crippen LogP contribution < -0.4 is 4.74 Å². The normalized spacial score (nSPS) is 11.1. The zero-order chi connectivity index (χ0) is 16.8. The highest BCUT2D eigenvalue weighted by Gasteiger charge is 2.30. The number of alkyl halides is 3. The van der Waals surface area contributed by atoms with Gasteiger partial charge < -0.3 is 14.7 Å². The first kappa shape index (κ1) is 17.7. The van der Waals surface area contributed by atoms with Gasteiger partial charge in [0, 0.05) is 12.7 Å². The molecule has 0 fully saturated rings. The van der Waals surface area contributed by atoms with E-state index in [0.29, 0.717) is 6.42 Å². The van der Waals surface area contributed by atoms with Gasteiger partial charge in [-0.1, -0.05) is 6.92 Å². The van der Waals surface area contributed by atoms with Crippen molar-refractivity contribution in [3.8, 4) is 5.88 Å². The zero-order valence-corrected chi connectivity index (χ0v) is 11.8. The maximum Gasteiger partial charge on any atom is 0.422 e. The van der Waals surface area contributed by atoms with Crippen molar-refractivity contribution in [2.45, 2.75) is 19.5 Å². The van der Waals surface area contributed by atoms with Gasteiger partial charge in [0.15, 0.2) is 6.61 Å². The Bertz CT molecular complexity index is 534. The van der Waals surface area contributed by atoms with Crippen molar-refractivity contribution in [3.63, 3.8) is 0 Å². The molecule has 0 unspecified atom stereocenters. The molecule has 0 saturated heterocycles. The average molecular weight is 320 g/mol. The van der Waals surface area contributed by atoms with E-state index in [9.17, 15) is 22.8 Å². The van der Waals surface area contributed by atoms with Crippen molar-refractivity contribution in [3.05, 3.63) is 23.9 Å². The van der Waals surface area contributed by atoms with Crippen LogP contribution >= 0.6 is 0 Å². The van der Waals surface area contributed by atoms with E-state index in [0.717, 1.165) is 4.90 Å². The molecule has 0 bridgehead atoms. The molecular weight excluding hydrogens is 305 g/mol. The third-order valence-corrected chi connectivity index (χ3v) is 2.48. The van der Waals surface area contributed by atoms with E-state index in [2.05, 4.69) is 9.72 Å². The number of hydrogen-bond donors (Lipinski definition) is 1. The number of halogens is 3. The lowest BCUT2D eigenvalue weighted by molar-refractivity contribution is -0.154. The van der Waals surface area contributed by atoms with Crippen molar-refractivity contribution in [1.29, 1.82) is 0 Å². The number of amides is 1. The van der Waals surface area contributed by atoms with Crippen LogP contribution in [0.1, 0.15) is 23.7 Å². The summed E-state index contributed by atoms with van der Waals surface area (Å²) >= 11 is 0. The lowest BCUT2D eigenvalue weighted by Gasteiger charge is -2.21. The molecule has 0 spiro atoms. The van der Waals surface area contributed by atoms with Gasteiger partial charge in [0.2, 0.25) is 5.88 Å². The Morgan fingerprint density at radius 1 is 1.41 bits per heavy atom. The van der Waals surface area contributed by atoms with Crippen molar-refractivity contribution in [2.75, 3.05) is 19.7 Å². The smallest absolute Gasteiger partial charge is 0.422 e. The second-order valence-electron chi connectivity index (χ2n) is 4.38. The second-order valence-corrected chi connectivity index (χ2v) is 4.38. The average Bonchev–Trinajstić information content (AvgIpc) is 2.43. The van der Waals surface area contributed by atoms with Crippen LogP contribution in [0.15, 0.2) is 18.3 Å². The molecule has 1 aromatic rings. The minimum atomic E-state index is -4.57. The number of nitrogens with zero attached hydrogens (tertiary/aromatic N) is 2. The summed E-state index contributed by atoms with van der Waals surface area (Å²) in [5.41, 5.74) is -0.207. The van der Waals surface area contributed by atoms with Crippen molar-refractivity contribution >= 4 is 11.9 Å². The summed E-state index contributed by atoms with van der Waals surface area (Å²) in [6, 6.07) is 2.60. The predicted molar refractivity (Wildman–Crippen MR) is 69.6 cm³/mol.